The summed E-state index contributed by atoms with van der Waals surface area (Å²) >= 11 is 1.22. The minimum absolute atomic E-state index is 0.00661. The molecule has 0 aliphatic carbocycles. The van der Waals surface area contributed by atoms with Crippen LogP contribution in [0.1, 0.15) is 67.9 Å². The number of benzene rings is 2. The molecular weight excluding hydrogens is 396 g/mol. The Kier molecular flexibility index (Phi) is 5.63. The van der Waals surface area contributed by atoms with E-state index in [9.17, 15) is 9.90 Å². The summed E-state index contributed by atoms with van der Waals surface area (Å²) in [5.41, 5.74) is 3.33. The molecule has 0 unspecified atom stereocenters. The number of methoxy groups -OCH3 is 1. The third kappa shape index (κ3) is 4.17. The second-order valence-electron chi connectivity index (χ2n) is 9.69. The van der Waals surface area contributed by atoms with Crippen LogP contribution >= 0.6 is 11.3 Å². The Hall–Kier alpha value is -2.53. The Labute approximate surface area is 182 Å². The third-order valence-corrected chi connectivity index (χ3v) is 6.30. The zero-order valence-electron chi connectivity index (χ0n) is 19.0. The maximum atomic E-state index is 11.9. The summed E-state index contributed by atoms with van der Waals surface area (Å²) < 4.78 is 12.6. The zero-order valence-corrected chi connectivity index (χ0v) is 19.8. The van der Waals surface area contributed by atoms with Gasteiger partial charge in [-0.25, -0.2) is 4.79 Å². The van der Waals surface area contributed by atoms with E-state index in [2.05, 4.69) is 47.6 Å². The van der Waals surface area contributed by atoms with Gasteiger partial charge in [-0.1, -0.05) is 47.6 Å². The number of carboxylic acids is 1. The summed E-state index contributed by atoms with van der Waals surface area (Å²) in [6, 6.07) is 9.87. The average molecular weight is 427 g/mol. The van der Waals surface area contributed by atoms with Gasteiger partial charge in [0.25, 0.3) is 0 Å². The van der Waals surface area contributed by atoms with Gasteiger partial charge in [0.1, 0.15) is 11.5 Å². The van der Waals surface area contributed by atoms with Gasteiger partial charge in [0, 0.05) is 10.1 Å². The summed E-state index contributed by atoms with van der Waals surface area (Å²) in [7, 11) is 1.61. The van der Waals surface area contributed by atoms with Crippen molar-refractivity contribution in [2.24, 2.45) is 0 Å². The van der Waals surface area contributed by atoms with Crippen molar-refractivity contribution >= 4 is 27.4 Å². The largest absolute Gasteiger partial charge is 0.496 e. The van der Waals surface area contributed by atoms with E-state index in [1.165, 1.54) is 22.5 Å². The Morgan fingerprint density at radius 2 is 1.60 bits per heavy atom. The standard InChI is InChI=1S/C25H30O4S/c1-14-11-20-16(13-19(14)28-8)21(22(30-20)23(26)27)29-15-9-10-17(24(2,3)4)18(12-15)25(5,6)7/h9-13H,1-8H3,(H,26,27). The average Bonchev–Trinajstić information content (AvgIpc) is 2.96. The summed E-state index contributed by atoms with van der Waals surface area (Å²) in [4.78, 5) is 12.1. The first-order valence-corrected chi connectivity index (χ1v) is 10.8. The van der Waals surface area contributed by atoms with Crippen molar-refractivity contribution in [2.75, 3.05) is 7.11 Å². The van der Waals surface area contributed by atoms with Crippen LogP contribution in [-0.4, -0.2) is 18.2 Å². The second kappa shape index (κ2) is 7.62. The van der Waals surface area contributed by atoms with Gasteiger partial charge in [-0.2, -0.15) is 0 Å². The number of ether oxygens (including phenoxy) is 2. The maximum absolute atomic E-state index is 11.9. The third-order valence-electron chi connectivity index (χ3n) is 5.18. The summed E-state index contributed by atoms with van der Waals surface area (Å²) in [6.45, 7) is 15.1. The highest BCUT2D eigenvalue weighted by atomic mass is 32.1. The van der Waals surface area contributed by atoms with Crippen LogP contribution < -0.4 is 9.47 Å². The monoisotopic (exact) mass is 426 g/mol. The van der Waals surface area contributed by atoms with Gasteiger partial charge in [0.15, 0.2) is 10.6 Å². The Balaban J connectivity index is 2.18. The Morgan fingerprint density at radius 3 is 2.13 bits per heavy atom. The number of carbonyl (C=O) groups is 1. The van der Waals surface area contributed by atoms with Gasteiger partial charge in [0.05, 0.1) is 7.11 Å². The number of aryl methyl sites for hydroxylation is 1. The Bertz CT molecular complexity index is 1110. The fraction of sp³-hybridized carbons (Fsp3) is 0.400. The predicted molar refractivity (Wildman–Crippen MR) is 124 cm³/mol. The molecule has 1 aromatic heterocycles. The molecule has 30 heavy (non-hydrogen) atoms. The van der Waals surface area contributed by atoms with Crippen molar-refractivity contribution in [1.82, 2.24) is 0 Å². The molecule has 0 saturated heterocycles. The van der Waals surface area contributed by atoms with E-state index in [4.69, 9.17) is 9.47 Å². The molecule has 5 heteroatoms. The number of hydrogen-bond donors (Lipinski definition) is 1. The molecule has 4 nitrogen and oxygen atoms in total. The van der Waals surface area contributed by atoms with Gasteiger partial charge in [-0.05, 0) is 58.7 Å². The highest BCUT2D eigenvalue weighted by Crippen LogP contribution is 2.44. The molecule has 0 aliphatic heterocycles. The van der Waals surface area contributed by atoms with Crippen LogP contribution in [0.4, 0.5) is 0 Å². The minimum Gasteiger partial charge on any atom is -0.496 e. The van der Waals surface area contributed by atoms with E-state index < -0.39 is 5.97 Å². The molecule has 0 radical (unpaired) electrons. The van der Waals surface area contributed by atoms with Crippen LogP contribution in [0.5, 0.6) is 17.2 Å². The SMILES string of the molecule is COc1cc2c(Oc3ccc(C(C)(C)C)c(C(C)(C)C)c3)c(C(=O)O)sc2cc1C. The van der Waals surface area contributed by atoms with Crippen LogP contribution in [0.25, 0.3) is 10.1 Å². The number of hydrogen-bond acceptors (Lipinski definition) is 4. The van der Waals surface area contributed by atoms with Crippen LogP contribution in [0.2, 0.25) is 0 Å². The fourth-order valence-corrected chi connectivity index (χ4v) is 4.69. The summed E-state index contributed by atoms with van der Waals surface area (Å²) in [6.07, 6.45) is 0. The second-order valence-corrected chi connectivity index (χ2v) is 10.7. The van der Waals surface area contributed by atoms with Crippen molar-refractivity contribution in [1.29, 1.82) is 0 Å². The topological polar surface area (TPSA) is 55.8 Å². The van der Waals surface area contributed by atoms with Crippen LogP contribution in [0.3, 0.4) is 0 Å². The smallest absolute Gasteiger partial charge is 0.349 e. The van der Waals surface area contributed by atoms with Gasteiger partial charge >= 0.3 is 5.97 Å². The van der Waals surface area contributed by atoms with E-state index in [1.54, 1.807) is 7.11 Å². The van der Waals surface area contributed by atoms with Crippen molar-refractivity contribution in [3.05, 3.63) is 51.9 Å². The van der Waals surface area contributed by atoms with Crippen molar-refractivity contribution in [2.45, 2.75) is 59.3 Å². The van der Waals surface area contributed by atoms with E-state index in [1.807, 2.05) is 31.2 Å². The predicted octanol–water partition coefficient (Wildman–Crippen LogP) is 7.30. The molecule has 0 fully saturated rings. The van der Waals surface area contributed by atoms with Gasteiger partial charge in [-0.15, -0.1) is 11.3 Å². The molecule has 1 N–H and O–H groups in total. The molecule has 3 aromatic rings. The van der Waals surface area contributed by atoms with E-state index in [-0.39, 0.29) is 15.7 Å². The highest BCUT2D eigenvalue weighted by molar-refractivity contribution is 7.21. The number of rotatable bonds is 4. The van der Waals surface area contributed by atoms with E-state index in [0.29, 0.717) is 17.2 Å². The maximum Gasteiger partial charge on any atom is 0.349 e. The van der Waals surface area contributed by atoms with Crippen LogP contribution in [0, 0.1) is 6.92 Å². The Morgan fingerprint density at radius 1 is 0.967 bits per heavy atom. The van der Waals surface area contributed by atoms with Gasteiger partial charge < -0.3 is 14.6 Å². The van der Waals surface area contributed by atoms with Crippen molar-refractivity contribution < 1.29 is 19.4 Å². The lowest BCUT2D eigenvalue weighted by Crippen LogP contribution is -2.21. The molecule has 0 aliphatic rings. The molecule has 0 amide bonds. The lowest BCUT2D eigenvalue weighted by molar-refractivity contribution is 0.0700. The number of thiophene rings is 1. The first-order valence-electron chi connectivity index (χ1n) is 10.00. The highest BCUT2D eigenvalue weighted by Gasteiger charge is 2.27. The molecule has 0 bridgehead atoms. The molecular formula is C25H30O4S. The van der Waals surface area contributed by atoms with Crippen LogP contribution in [0.15, 0.2) is 30.3 Å². The first-order chi connectivity index (χ1) is 13.8. The number of carboxylic acid groups (broad SMARTS) is 1. The van der Waals surface area contributed by atoms with Gasteiger partial charge in [-0.3, -0.25) is 0 Å². The molecule has 0 spiro atoms. The first kappa shape index (κ1) is 22.2. The van der Waals surface area contributed by atoms with E-state index >= 15 is 0 Å². The van der Waals surface area contributed by atoms with Gasteiger partial charge in [0.2, 0.25) is 0 Å². The number of aromatic carboxylic acids is 1. The fourth-order valence-electron chi connectivity index (χ4n) is 3.64. The van der Waals surface area contributed by atoms with Crippen molar-refractivity contribution in [3.8, 4) is 17.2 Å². The van der Waals surface area contributed by atoms with Crippen molar-refractivity contribution in [3.63, 3.8) is 0 Å². The lowest BCUT2D eigenvalue weighted by atomic mass is 9.75. The normalized spacial score (nSPS) is 12.3. The number of fused-ring (bicyclic) bond motifs is 1. The minimum atomic E-state index is -0.995. The van der Waals surface area contributed by atoms with E-state index in [0.717, 1.165) is 15.6 Å². The molecule has 160 valence electrons. The lowest BCUT2D eigenvalue weighted by Gasteiger charge is -2.30. The molecule has 2 aromatic carbocycles. The molecule has 0 saturated carbocycles. The zero-order chi connectivity index (χ0) is 22.4. The van der Waals surface area contributed by atoms with Crippen LogP contribution in [-0.2, 0) is 10.8 Å². The molecule has 1 heterocycles. The summed E-state index contributed by atoms with van der Waals surface area (Å²) in [5, 5.41) is 10.5. The molecule has 0 atom stereocenters. The molecule has 3 rings (SSSR count). The summed E-state index contributed by atoms with van der Waals surface area (Å²) in [5.74, 6) is 0.713. The quantitative estimate of drug-likeness (QED) is 0.475.